The predicted octanol–water partition coefficient (Wildman–Crippen LogP) is 1.23. The molecule has 1 aliphatic rings. The zero-order chi connectivity index (χ0) is 12.1. The van der Waals surface area contributed by atoms with Gasteiger partial charge in [0.25, 0.3) is 0 Å². The molecule has 1 atom stereocenters. The molecule has 6 nitrogen and oxygen atoms in total. The summed E-state index contributed by atoms with van der Waals surface area (Å²) in [6.07, 6.45) is 1.15. The summed E-state index contributed by atoms with van der Waals surface area (Å²) in [5, 5.41) is 6.37. The Kier molecular flexibility index (Phi) is 4.24. The highest BCUT2D eigenvalue weighted by atomic mass is 32.2. The average molecular weight is 255 g/mol. The van der Waals surface area contributed by atoms with Gasteiger partial charge in [-0.15, -0.1) is 0 Å². The van der Waals surface area contributed by atoms with E-state index in [-0.39, 0.29) is 0 Å². The number of hydrogen-bond acceptors (Lipinski definition) is 7. The van der Waals surface area contributed by atoms with Gasteiger partial charge in [-0.2, -0.15) is 26.7 Å². The van der Waals surface area contributed by atoms with Crippen molar-refractivity contribution in [1.29, 1.82) is 0 Å². The van der Waals surface area contributed by atoms with Crippen molar-refractivity contribution in [2.75, 3.05) is 35.8 Å². The highest BCUT2D eigenvalue weighted by Gasteiger charge is 2.17. The molecule has 0 aromatic carbocycles. The molecule has 1 unspecified atom stereocenters. The second-order valence-electron chi connectivity index (χ2n) is 3.70. The van der Waals surface area contributed by atoms with Gasteiger partial charge in [0.15, 0.2) is 0 Å². The molecule has 2 N–H and O–H groups in total. The Hall–Kier alpha value is -1.24. The van der Waals surface area contributed by atoms with E-state index < -0.39 is 0 Å². The molecule has 0 bridgehead atoms. The van der Waals surface area contributed by atoms with Crippen LogP contribution in [0.15, 0.2) is 0 Å². The van der Waals surface area contributed by atoms with Crippen LogP contribution in [-0.2, 0) is 0 Å². The molecule has 0 saturated carbocycles. The lowest BCUT2D eigenvalue weighted by atomic mass is 10.3. The van der Waals surface area contributed by atoms with E-state index in [1.807, 2.05) is 18.7 Å². The van der Waals surface area contributed by atoms with E-state index in [1.54, 1.807) is 7.11 Å². The van der Waals surface area contributed by atoms with Gasteiger partial charge in [0.05, 0.1) is 7.11 Å². The van der Waals surface area contributed by atoms with Crippen molar-refractivity contribution in [3.63, 3.8) is 0 Å². The molecule has 1 aliphatic heterocycles. The maximum Gasteiger partial charge on any atom is 0.322 e. The fourth-order valence-corrected chi connectivity index (χ4v) is 2.73. The van der Waals surface area contributed by atoms with Crippen molar-refractivity contribution in [2.24, 2.45) is 0 Å². The number of nitrogens with one attached hydrogen (secondary N) is 2. The molecule has 1 fully saturated rings. The summed E-state index contributed by atoms with van der Waals surface area (Å²) in [7, 11) is 1.56. The Morgan fingerprint density at radius 3 is 2.82 bits per heavy atom. The third kappa shape index (κ3) is 3.36. The molecule has 2 heterocycles. The minimum atomic E-state index is 0.337. The van der Waals surface area contributed by atoms with Crippen LogP contribution in [0.1, 0.15) is 13.3 Å². The second-order valence-corrected chi connectivity index (χ2v) is 4.85. The molecule has 1 aromatic heterocycles. The van der Waals surface area contributed by atoms with Gasteiger partial charge in [0.1, 0.15) is 0 Å². The topological polar surface area (TPSA) is 72.0 Å². The smallest absolute Gasteiger partial charge is 0.322 e. The van der Waals surface area contributed by atoms with Crippen LogP contribution in [0.4, 0.5) is 11.9 Å². The molecule has 7 heteroatoms. The Morgan fingerprint density at radius 2 is 2.18 bits per heavy atom. The summed E-state index contributed by atoms with van der Waals surface area (Å²) in [6, 6.07) is 0.783. The van der Waals surface area contributed by atoms with E-state index in [4.69, 9.17) is 4.74 Å². The molecule has 0 amide bonds. The van der Waals surface area contributed by atoms with Gasteiger partial charge in [-0.1, -0.05) is 0 Å². The fourth-order valence-electron chi connectivity index (χ4n) is 1.58. The first-order chi connectivity index (χ1) is 8.31. The molecular weight excluding hydrogens is 238 g/mol. The largest absolute Gasteiger partial charge is 0.467 e. The third-order valence-electron chi connectivity index (χ3n) is 2.40. The molecule has 1 aromatic rings. The highest BCUT2D eigenvalue weighted by Crippen LogP contribution is 2.20. The van der Waals surface area contributed by atoms with E-state index in [0.717, 1.165) is 18.7 Å². The van der Waals surface area contributed by atoms with Crippen LogP contribution in [0.3, 0.4) is 0 Å². The Labute approximate surface area is 105 Å². The second kappa shape index (κ2) is 5.90. The number of hydrogen-bond donors (Lipinski definition) is 2. The molecule has 1 saturated heterocycles. The molecule has 17 heavy (non-hydrogen) atoms. The van der Waals surface area contributed by atoms with Gasteiger partial charge >= 0.3 is 6.01 Å². The zero-order valence-corrected chi connectivity index (χ0v) is 10.9. The maximum absolute atomic E-state index is 5.06. The normalized spacial score (nSPS) is 19.1. The van der Waals surface area contributed by atoms with Gasteiger partial charge in [-0.3, -0.25) is 0 Å². The van der Waals surface area contributed by atoms with Gasteiger partial charge in [0, 0.05) is 18.3 Å². The number of nitrogens with zero attached hydrogens (tertiary/aromatic N) is 3. The zero-order valence-electron chi connectivity index (χ0n) is 10.1. The highest BCUT2D eigenvalue weighted by molar-refractivity contribution is 7.99. The Morgan fingerprint density at radius 1 is 1.35 bits per heavy atom. The van der Waals surface area contributed by atoms with Crippen molar-refractivity contribution in [1.82, 2.24) is 15.0 Å². The molecule has 2 rings (SSSR count). The van der Waals surface area contributed by atoms with Crippen LogP contribution >= 0.6 is 11.8 Å². The van der Waals surface area contributed by atoms with Crippen LogP contribution in [0, 0.1) is 0 Å². The number of anilines is 2. The van der Waals surface area contributed by atoms with Gasteiger partial charge < -0.3 is 15.4 Å². The maximum atomic E-state index is 5.06. The summed E-state index contributed by atoms with van der Waals surface area (Å²) in [4.78, 5) is 12.6. The van der Waals surface area contributed by atoms with E-state index >= 15 is 0 Å². The Bertz CT molecular complexity index is 370. The first-order valence-corrected chi connectivity index (χ1v) is 6.85. The third-order valence-corrected chi connectivity index (χ3v) is 3.56. The number of rotatable bonds is 5. The van der Waals surface area contributed by atoms with Gasteiger partial charge in [-0.25, -0.2) is 0 Å². The first kappa shape index (κ1) is 12.2. The minimum absolute atomic E-state index is 0.337. The summed E-state index contributed by atoms with van der Waals surface area (Å²) in [6.45, 7) is 2.77. The van der Waals surface area contributed by atoms with Crippen LogP contribution in [0.25, 0.3) is 0 Å². The number of ether oxygens (including phenoxy) is 1. The van der Waals surface area contributed by atoms with Crippen molar-refractivity contribution in [3.05, 3.63) is 0 Å². The molecule has 0 spiro atoms. The van der Waals surface area contributed by atoms with Crippen LogP contribution in [-0.4, -0.2) is 46.2 Å². The summed E-state index contributed by atoms with van der Waals surface area (Å²) in [5.74, 6) is 3.43. The summed E-state index contributed by atoms with van der Waals surface area (Å²) < 4.78 is 5.06. The Balaban J connectivity index is 2.10. The van der Waals surface area contributed by atoms with E-state index in [2.05, 4.69) is 25.6 Å². The van der Waals surface area contributed by atoms with E-state index in [0.29, 0.717) is 23.9 Å². The van der Waals surface area contributed by atoms with Crippen molar-refractivity contribution >= 4 is 23.7 Å². The quantitative estimate of drug-likeness (QED) is 0.819. The standard InChI is InChI=1S/C10H17N5OS/c1-3-11-8-13-9(15-10(14-8)16-2)12-7-4-5-17-6-7/h7H,3-6H2,1-2H3,(H2,11,12,13,14,15). The van der Waals surface area contributed by atoms with Gasteiger partial charge in [0.2, 0.25) is 11.9 Å². The van der Waals surface area contributed by atoms with E-state index in [1.165, 1.54) is 5.75 Å². The number of aromatic nitrogens is 3. The molecule has 94 valence electrons. The van der Waals surface area contributed by atoms with E-state index in [9.17, 15) is 0 Å². The molecular formula is C10H17N5OS. The van der Waals surface area contributed by atoms with Crippen LogP contribution < -0.4 is 15.4 Å². The minimum Gasteiger partial charge on any atom is -0.467 e. The number of methoxy groups -OCH3 is 1. The molecule has 0 radical (unpaired) electrons. The lowest BCUT2D eigenvalue weighted by Gasteiger charge is -2.12. The van der Waals surface area contributed by atoms with Crippen molar-refractivity contribution < 1.29 is 4.74 Å². The van der Waals surface area contributed by atoms with Crippen LogP contribution in [0.2, 0.25) is 0 Å². The fraction of sp³-hybridized carbons (Fsp3) is 0.700. The van der Waals surface area contributed by atoms with Gasteiger partial charge in [-0.05, 0) is 19.1 Å². The molecule has 0 aliphatic carbocycles. The lowest BCUT2D eigenvalue weighted by Crippen LogP contribution is -2.20. The van der Waals surface area contributed by atoms with Crippen molar-refractivity contribution in [2.45, 2.75) is 19.4 Å². The van der Waals surface area contributed by atoms with Crippen molar-refractivity contribution in [3.8, 4) is 6.01 Å². The predicted molar refractivity (Wildman–Crippen MR) is 69.9 cm³/mol. The average Bonchev–Trinajstić information content (AvgIpc) is 2.82. The van der Waals surface area contributed by atoms with Crippen LogP contribution in [0.5, 0.6) is 6.01 Å². The first-order valence-electron chi connectivity index (χ1n) is 5.70. The lowest BCUT2D eigenvalue weighted by molar-refractivity contribution is 0.379. The summed E-state index contributed by atoms with van der Waals surface area (Å²) in [5.41, 5.74) is 0. The summed E-state index contributed by atoms with van der Waals surface area (Å²) >= 11 is 1.95. The monoisotopic (exact) mass is 255 g/mol. The SMILES string of the molecule is CCNc1nc(NC2CCSC2)nc(OC)n1. The number of thioether (sulfide) groups is 1.